The lowest BCUT2D eigenvalue weighted by Crippen LogP contribution is -2.17. The molecule has 1 aromatic heterocycles. The van der Waals surface area contributed by atoms with E-state index in [1.54, 1.807) is 12.1 Å². The number of hydrogen-bond donors (Lipinski definition) is 0. The van der Waals surface area contributed by atoms with Gasteiger partial charge in [0.1, 0.15) is 5.75 Å². The van der Waals surface area contributed by atoms with Crippen molar-refractivity contribution in [1.29, 1.82) is 0 Å². The van der Waals surface area contributed by atoms with Crippen molar-refractivity contribution in [2.75, 3.05) is 0 Å². The molecule has 0 atom stereocenters. The number of benzene rings is 2. The summed E-state index contributed by atoms with van der Waals surface area (Å²) in [5.74, 6) is -0.198. The van der Waals surface area contributed by atoms with E-state index in [0.29, 0.717) is 11.3 Å². The maximum Gasteiger partial charge on any atom is 0.573 e. The Morgan fingerprint density at radius 2 is 1.62 bits per heavy atom. The van der Waals surface area contributed by atoms with Gasteiger partial charge in [-0.1, -0.05) is 30.3 Å². The lowest BCUT2D eigenvalue weighted by atomic mass is 10.1. The summed E-state index contributed by atoms with van der Waals surface area (Å²) in [5, 5.41) is 0.969. The molecule has 2 aromatic carbocycles. The number of alkyl halides is 3. The summed E-state index contributed by atoms with van der Waals surface area (Å²) in [6, 6.07) is 15.6. The normalized spacial score (nSPS) is 11.8. The second kappa shape index (κ2) is 4.84. The predicted molar refractivity (Wildman–Crippen MR) is 75.0 cm³/mol. The average molecular weight is 291 g/mol. The van der Waals surface area contributed by atoms with Crippen LogP contribution in [0.3, 0.4) is 0 Å². The van der Waals surface area contributed by atoms with Crippen molar-refractivity contribution in [3.63, 3.8) is 0 Å². The molecule has 3 aromatic rings. The van der Waals surface area contributed by atoms with Crippen LogP contribution in [0.5, 0.6) is 5.75 Å². The molecule has 0 unspecified atom stereocenters. The van der Waals surface area contributed by atoms with Crippen molar-refractivity contribution in [2.24, 2.45) is 7.05 Å². The van der Waals surface area contributed by atoms with E-state index in [2.05, 4.69) is 4.74 Å². The van der Waals surface area contributed by atoms with Gasteiger partial charge in [0.25, 0.3) is 0 Å². The van der Waals surface area contributed by atoms with E-state index >= 15 is 0 Å². The Bertz CT molecular complexity index is 790. The van der Waals surface area contributed by atoms with Gasteiger partial charge in [0.2, 0.25) is 0 Å². The monoisotopic (exact) mass is 291 g/mol. The minimum Gasteiger partial charge on any atom is -0.405 e. The summed E-state index contributed by atoms with van der Waals surface area (Å²) in [7, 11) is 1.82. The summed E-state index contributed by atoms with van der Waals surface area (Å²) in [6.07, 6.45) is -4.71. The Hall–Kier alpha value is -2.43. The molecule has 108 valence electrons. The smallest absolute Gasteiger partial charge is 0.405 e. The number of halogens is 3. The van der Waals surface area contributed by atoms with Crippen LogP contribution < -0.4 is 4.74 Å². The summed E-state index contributed by atoms with van der Waals surface area (Å²) in [4.78, 5) is 0. The van der Waals surface area contributed by atoms with E-state index in [0.717, 1.165) is 10.9 Å². The zero-order valence-electron chi connectivity index (χ0n) is 11.2. The van der Waals surface area contributed by atoms with Gasteiger partial charge in [0, 0.05) is 23.5 Å². The van der Waals surface area contributed by atoms with Gasteiger partial charge in [0.15, 0.2) is 0 Å². The van der Waals surface area contributed by atoms with E-state index in [-0.39, 0.29) is 5.75 Å². The largest absolute Gasteiger partial charge is 0.573 e. The number of ether oxygens (including phenoxy) is 1. The van der Waals surface area contributed by atoms with Crippen molar-refractivity contribution >= 4 is 10.9 Å². The maximum absolute atomic E-state index is 12.5. The molecule has 0 amide bonds. The van der Waals surface area contributed by atoms with Crippen LogP contribution >= 0.6 is 0 Å². The standard InChI is InChI=1S/C16H12F3NO/c1-20-13-8-4-2-6-11(13)10-14(20)12-7-3-5-9-15(12)21-16(17,18)19/h2-10H,1H3. The lowest BCUT2D eigenvalue weighted by molar-refractivity contribution is -0.274. The minimum absolute atomic E-state index is 0.198. The molecule has 0 bridgehead atoms. The van der Waals surface area contributed by atoms with Gasteiger partial charge in [-0.2, -0.15) is 0 Å². The summed E-state index contributed by atoms with van der Waals surface area (Å²) in [6.45, 7) is 0. The van der Waals surface area contributed by atoms with Gasteiger partial charge >= 0.3 is 6.36 Å². The van der Waals surface area contributed by atoms with Crippen LogP contribution in [0, 0.1) is 0 Å². The first-order valence-corrected chi connectivity index (χ1v) is 6.35. The fraction of sp³-hybridized carbons (Fsp3) is 0.125. The highest BCUT2D eigenvalue weighted by Gasteiger charge is 2.32. The quantitative estimate of drug-likeness (QED) is 0.665. The van der Waals surface area contributed by atoms with E-state index in [9.17, 15) is 13.2 Å². The molecule has 21 heavy (non-hydrogen) atoms. The Balaban J connectivity index is 2.17. The summed E-state index contributed by atoms with van der Waals surface area (Å²) < 4.78 is 43.5. The topological polar surface area (TPSA) is 14.2 Å². The number of aromatic nitrogens is 1. The third-order valence-corrected chi connectivity index (χ3v) is 3.34. The van der Waals surface area contributed by atoms with E-state index in [1.807, 2.05) is 41.9 Å². The molecule has 0 N–H and O–H groups in total. The molecule has 0 aliphatic rings. The number of aryl methyl sites for hydroxylation is 1. The van der Waals surface area contributed by atoms with Crippen LogP contribution in [-0.2, 0) is 7.05 Å². The first-order valence-electron chi connectivity index (χ1n) is 6.35. The molecular weight excluding hydrogens is 279 g/mol. The number of para-hydroxylation sites is 2. The molecule has 0 saturated carbocycles. The molecular formula is C16H12F3NO. The van der Waals surface area contributed by atoms with Gasteiger partial charge in [-0.3, -0.25) is 0 Å². The molecule has 1 heterocycles. The minimum atomic E-state index is -4.71. The zero-order chi connectivity index (χ0) is 15.0. The van der Waals surface area contributed by atoms with E-state index in [4.69, 9.17) is 0 Å². The third-order valence-electron chi connectivity index (χ3n) is 3.34. The van der Waals surface area contributed by atoms with Crippen molar-refractivity contribution in [3.8, 4) is 17.0 Å². The molecule has 0 fully saturated rings. The first-order chi connectivity index (χ1) is 9.96. The van der Waals surface area contributed by atoms with Crippen molar-refractivity contribution in [1.82, 2.24) is 4.57 Å². The average Bonchev–Trinajstić information content (AvgIpc) is 2.76. The van der Waals surface area contributed by atoms with Crippen molar-refractivity contribution in [3.05, 3.63) is 54.6 Å². The lowest BCUT2D eigenvalue weighted by Gasteiger charge is -2.13. The van der Waals surface area contributed by atoms with Gasteiger partial charge in [-0.15, -0.1) is 13.2 Å². The molecule has 2 nitrogen and oxygen atoms in total. The number of nitrogens with zero attached hydrogens (tertiary/aromatic N) is 1. The van der Waals surface area contributed by atoms with Crippen molar-refractivity contribution < 1.29 is 17.9 Å². The van der Waals surface area contributed by atoms with Gasteiger partial charge in [0.05, 0.1) is 5.69 Å². The third kappa shape index (κ3) is 2.59. The van der Waals surface area contributed by atoms with Crippen molar-refractivity contribution in [2.45, 2.75) is 6.36 Å². The number of rotatable bonds is 2. The van der Waals surface area contributed by atoms with Crippen LogP contribution in [0.2, 0.25) is 0 Å². The van der Waals surface area contributed by atoms with Crippen LogP contribution in [0.1, 0.15) is 0 Å². The van der Waals surface area contributed by atoms with Gasteiger partial charge < -0.3 is 9.30 Å². The van der Waals surface area contributed by atoms with E-state index < -0.39 is 6.36 Å². The molecule has 0 radical (unpaired) electrons. The Morgan fingerprint density at radius 3 is 2.33 bits per heavy atom. The fourth-order valence-corrected chi connectivity index (χ4v) is 2.44. The molecule has 5 heteroatoms. The molecule has 0 spiro atoms. The number of hydrogen-bond acceptors (Lipinski definition) is 1. The first kappa shape index (κ1) is 13.5. The zero-order valence-corrected chi connectivity index (χ0v) is 11.2. The van der Waals surface area contributed by atoms with E-state index in [1.165, 1.54) is 12.1 Å². The Kier molecular flexibility index (Phi) is 3.12. The predicted octanol–water partition coefficient (Wildman–Crippen LogP) is 4.74. The molecule has 3 rings (SSSR count). The highest BCUT2D eigenvalue weighted by Crippen LogP contribution is 2.36. The SMILES string of the molecule is Cn1c(-c2ccccc2OC(F)(F)F)cc2ccccc21. The van der Waals surface area contributed by atoms with Crippen LogP contribution in [0.15, 0.2) is 54.6 Å². The molecule has 0 aliphatic heterocycles. The molecule has 0 saturated heterocycles. The second-order valence-electron chi connectivity index (χ2n) is 4.69. The Morgan fingerprint density at radius 1 is 0.952 bits per heavy atom. The summed E-state index contributed by atoms with van der Waals surface area (Å²) >= 11 is 0. The van der Waals surface area contributed by atoms with Gasteiger partial charge in [-0.25, -0.2) is 0 Å². The highest BCUT2D eigenvalue weighted by atomic mass is 19.4. The Labute approximate surface area is 119 Å². The molecule has 0 aliphatic carbocycles. The van der Waals surface area contributed by atoms with Crippen LogP contribution in [-0.4, -0.2) is 10.9 Å². The van der Waals surface area contributed by atoms with Crippen LogP contribution in [0.25, 0.3) is 22.2 Å². The fourth-order valence-electron chi connectivity index (χ4n) is 2.44. The van der Waals surface area contributed by atoms with Gasteiger partial charge in [-0.05, 0) is 24.3 Å². The maximum atomic E-state index is 12.5. The second-order valence-corrected chi connectivity index (χ2v) is 4.69. The van der Waals surface area contributed by atoms with Crippen LogP contribution in [0.4, 0.5) is 13.2 Å². The number of fused-ring (bicyclic) bond motifs is 1. The highest BCUT2D eigenvalue weighted by molar-refractivity contribution is 5.88. The summed E-state index contributed by atoms with van der Waals surface area (Å²) in [5.41, 5.74) is 2.04.